The van der Waals surface area contributed by atoms with E-state index in [1.54, 1.807) is 6.07 Å². The molecule has 0 radical (unpaired) electrons. The molecule has 0 amide bonds. The first-order valence-electron chi connectivity index (χ1n) is 8.04. The third kappa shape index (κ3) is 4.60. The number of alkyl halides is 3. The molecule has 0 spiro atoms. The van der Waals surface area contributed by atoms with Crippen molar-refractivity contribution in [1.82, 2.24) is 0 Å². The first kappa shape index (κ1) is 17.6. The number of halogens is 3. The van der Waals surface area contributed by atoms with Crippen molar-refractivity contribution < 1.29 is 17.9 Å². The summed E-state index contributed by atoms with van der Waals surface area (Å²) < 4.78 is 44.0. The average Bonchev–Trinajstić information content (AvgIpc) is 3.01. The Labute approximate surface area is 135 Å². The Hall–Kier alpha value is -1.78. The van der Waals surface area contributed by atoms with E-state index in [-0.39, 0.29) is 6.54 Å². The quantitative estimate of drug-likeness (QED) is 0.638. The number of allylic oxidation sites excluding steroid dienone is 1. The van der Waals surface area contributed by atoms with Gasteiger partial charge in [0, 0.05) is 5.56 Å². The topological polar surface area (TPSA) is 21.6 Å². The summed E-state index contributed by atoms with van der Waals surface area (Å²) in [5.74, 6) is 0.748. The van der Waals surface area contributed by atoms with E-state index in [2.05, 4.69) is 11.9 Å². The number of nitrogens with zero attached hydrogens (tertiary/aromatic N) is 1. The molecule has 1 aromatic rings. The van der Waals surface area contributed by atoms with Crippen LogP contribution in [-0.4, -0.2) is 25.0 Å². The maximum atomic E-state index is 12.7. The molecule has 0 N–H and O–H groups in total. The SMILES string of the molecule is CCCCCOc1cc(C2=NCC(C(F)(F)F)=C2)ccc1CC. The first-order chi connectivity index (χ1) is 11.0. The lowest BCUT2D eigenvalue weighted by Crippen LogP contribution is -2.12. The molecule has 0 saturated heterocycles. The lowest BCUT2D eigenvalue weighted by atomic mass is 10.0. The van der Waals surface area contributed by atoms with Gasteiger partial charge in [-0.3, -0.25) is 4.99 Å². The molecule has 0 bridgehead atoms. The minimum Gasteiger partial charge on any atom is -0.493 e. The van der Waals surface area contributed by atoms with Gasteiger partial charge in [-0.25, -0.2) is 0 Å². The zero-order valence-corrected chi connectivity index (χ0v) is 13.5. The molecule has 0 saturated carbocycles. The molecule has 1 aromatic carbocycles. The number of hydrogen-bond donors (Lipinski definition) is 0. The van der Waals surface area contributed by atoms with Gasteiger partial charge in [-0.1, -0.05) is 38.8 Å². The summed E-state index contributed by atoms with van der Waals surface area (Å²) >= 11 is 0. The fourth-order valence-corrected chi connectivity index (χ4v) is 2.45. The lowest BCUT2D eigenvalue weighted by Gasteiger charge is -2.12. The fourth-order valence-electron chi connectivity index (χ4n) is 2.45. The molecule has 2 rings (SSSR count). The summed E-state index contributed by atoms with van der Waals surface area (Å²) in [6, 6.07) is 5.53. The molecular weight excluding hydrogens is 303 g/mol. The summed E-state index contributed by atoms with van der Waals surface area (Å²) in [6.07, 6.45) is 0.829. The van der Waals surface area contributed by atoms with Crippen molar-refractivity contribution in [2.75, 3.05) is 13.2 Å². The van der Waals surface area contributed by atoms with E-state index >= 15 is 0 Å². The zero-order chi connectivity index (χ0) is 16.9. The summed E-state index contributed by atoms with van der Waals surface area (Å²) in [5, 5.41) is 0. The highest BCUT2D eigenvalue weighted by molar-refractivity contribution is 6.10. The lowest BCUT2D eigenvalue weighted by molar-refractivity contribution is -0.0916. The molecule has 1 aliphatic rings. The Morgan fingerprint density at radius 1 is 1.17 bits per heavy atom. The highest BCUT2D eigenvalue weighted by Crippen LogP contribution is 2.30. The molecular formula is C18H22F3NO. The van der Waals surface area contributed by atoms with Crippen LogP contribution in [0.4, 0.5) is 13.2 Å². The van der Waals surface area contributed by atoms with Crippen LogP contribution in [0, 0.1) is 0 Å². The number of benzene rings is 1. The van der Waals surface area contributed by atoms with Crippen molar-refractivity contribution in [3.05, 3.63) is 41.0 Å². The zero-order valence-electron chi connectivity index (χ0n) is 13.5. The van der Waals surface area contributed by atoms with Gasteiger partial charge >= 0.3 is 6.18 Å². The maximum Gasteiger partial charge on any atom is 0.414 e. The number of aliphatic imine (C=N–C) groups is 1. The summed E-state index contributed by atoms with van der Waals surface area (Å²) in [7, 11) is 0. The molecule has 0 unspecified atom stereocenters. The predicted molar refractivity (Wildman–Crippen MR) is 86.4 cm³/mol. The van der Waals surface area contributed by atoms with Crippen molar-refractivity contribution in [3.8, 4) is 5.75 Å². The molecule has 23 heavy (non-hydrogen) atoms. The standard InChI is InChI=1S/C18H22F3NO/c1-3-5-6-9-23-17-10-14(8-7-13(17)4-2)16-11-15(12-22-16)18(19,20)21/h7-8,10-11H,3-6,9,12H2,1-2H3. The average molecular weight is 325 g/mol. The molecule has 0 aliphatic carbocycles. The molecule has 1 aliphatic heterocycles. The minimum absolute atomic E-state index is 0.305. The van der Waals surface area contributed by atoms with Gasteiger partial charge in [-0.2, -0.15) is 13.2 Å². The number of ether oxygens (including phenoxy) is 1. The molecule has 0 atom stereocenters. The number of rotatable bonds is 7. The largest absolute Gasteiger partial charge is 0.493 e. The number of unbranched alkanes of at least 4 members (excludes halogenated alkanes) is 2. The van der Waals surface area contributed by atoms with Crippen LogP contribution < -0.4 is 4.74 Å². The van der Waals surface area contributed by atoms with Crippen LogP contribution in [0.3, 0.4) is 0 Å². The molecule has 126 valence electrons. The first-order valence-corrected chi connectivity index (χ1v) is 8.04. The van der Waals surface area contributed by atoms with Crippen LogP contribution in [0.15, 0.2) is 34.8 Å². The predicted octanol–water partition coefficient (Wildman–Crippen LogP) is 5.11. The van der Waals surface area contributed by atoms with Gasteiger partial charge in [0.15, 0.2) is 0 Å². The van der Waals surface area contributed by atoms with Crippen LogP contribution in [0.5, 0.6) is 5.75 Å². The van der Waals surface area contributed by atoms with Crippen molar-refractivity contribution >= 4 is 5.71 Å². The van der Waals surface area contributed by atoms with Crippen LogP contribution >= 0.6 is 0 Å². The molecule has 5 heteroatoms. The Bertz CT molecular complexity index is 603. The van der Waals surface area contributed by atoms with Gasteiger partial charge in [-0.15, -0.1) is 0 Å². The second kappa shape index (κ2) is 7.66. The van der Waals surface area contributed by atoms with E-state index in [0.717, 1.165) is 43.1 Å². The molecule has 2 nitrogen and oxygen atoms in total. The Kier molecular flexibility index (Phi) is 5.85. The smallest absolute Gasteiger partial charge is 0.414 e. The Balaban J connectivity index is 2.16. The van der Waals surface area contributed by atoms with Gasteiger partial charge in [0.25, 0.3) is 0 Å². The van der Waals surface area contributed by atoms with Crippen LogP contribution in [0.1, 0.15) is 44.2 Å². The van der Waals surface area contributed by atoms with Crippen molar-refractivity contribution in [1.29, 1.82) is 0 Å². The van der Waals surface area contributed by atoms with Gasteiger partial charge < -0.3 is 4.74 Å². The third-order valence-electron chi connectivity index (χ3n) is 3.84. The van der Waals surface area contributed by atoms with Gasteiger partial charge in [0.1, 0.15) is 5.75 Å². The maximum absolute atomic E-state index is 12.7. The highest BCUT2D eigenvalue weighted by Gasteiger charge is 2.35. The minimum atomic E-state index is -4.31. The van der Waals surface area contributed by atoms with E-state index in [4.69, 9.17) is 4.74 Å². The number of aryl methyl sites for hydroxylation is 1. The van der Waals surface area contributed by atoms with E-state index in [1.165, 1.54) is 0 Å². The van der Waals surface area contributed by atoms with E-state index in [1.807, 2.05) is 19.1 Å². The molecule has 0 aromatic heterocycles. The summed E-state index contributed by atoms with van der Waals surface area (Å²) in [6.45, 7) is 4.48. The monoisotopic (exact) mass is 325 g/mol. The van der Waals surface area contributed by atoms with Crippen molar-refractivity contribution in [2.45, 2.75) is 45.7 Å². The highest BCUT2D eigenvalue weighted by atomic mass is 19.4. The molecule has 1 heterocycles. The van der Waals surface area contributed by atoms with Gasteiger partial charge in [0.2, 0.25) is 0 Å². The summed E-state index contributed by atoms with van der Waals surface area (Å²) in [5.41, 5.74) is 1.51. The Morgan fingerprint density at radius 3 is 2.57 bits per heavy atom. The third-order valence-corrected chi connectivity index (χ3v) is 3.84. The van der Waals surface area contributed by atoms with Crippen molar-refractivity contribution in [3.63, 3.8) is 0 Å². The van der Waals surface area contributed by atoms with Gasteiger partial charge in [-0.05, 0) is 30.5 Å². The number of hydrogen-bond acceptors (Lipinski definition) is 2. The second-order valence-corrected chi connectivity index (χ2v) is 5.60. The second-order valence-electron chi connectivity index (χ2n) is 5.60. The van der Waals surface area contributed by atoms with Crippen molar-refractivity contribution in [2.24, 2.45) is 4.99 Å². The normalized spacial score (nSPS) is 14.7. The molecule has 0 fully saturated rings. The van der Waals surface area contributed by atoms with Crippen LogP contribution in [0.2, 0.25) is 0 Å². The van der Waals surface area contributed by atoms with E-state index in [9.17, 15) is 13.2 Å². The summed E-state index contributed by atoms with van der Waals surface area (Å²) in [4.78, 5) is 4.01. The van der Waals surface area contributed by atoms with Crippen LogP contribution in [-0.2, 0) is 6.42 Å². The van der Waals surface area contributed by atoms with Gasteiger partial charge in [0.05, 0.1) is 24.4 Å². The fraction of sp³-hybridized carbons (Fsp3) is 0.500. The van der Waals surface area contributed by atoms with E-state index in [0.29, 0.717) is 17.9 Å². The Morgan fingerprint density at radius 2 is 1.96 bits per heavy atom. The van der Waals surface area contributed by atoms with E-state index < -0.39 is 11.7 Å². The van der Waals surface area contributed by atoms with Crippen LogP contribution in [0.25, 0.3) is 0 Å².